The van der Waals surface area contributed by atoms with Gasteiger partial charge in [0.2, 0.25) is 0 Å². The third-order valence-corrected chi connectivity index (χ3v) is 3.49. The molecular weight excluding hydrogens is 282 g/mol. The lowest BCUT2D eigenvalue weighted by Crippen LogP contribution is -2.33. The summed E-state index contributed by atoms with van der Waals surface area (Å²) in [4.78, 5) is 4.26. The van der Waals surface area contributed by atoms with Gasteiger partial charge in [0.25, 0.3) is 0 Å². The maximum atomic E-state index is 5.77. The van der Waals surface area contributed by atoms with E-state index < -0.39 is 0 Å². The Morgan fingerprint density at radius 1 is 1.53 bits per heavy atom. The molecule has 0 unspecified atom stereocenters. The number of nitrogen functional groups attached to an aromatic ring is 1. The van der Waals surface area contributed by atoms with Crippen LogP contribution < -0.4 is 11.1 Å². The number of aromatic nitrogens is 1. The van der Waals surface area contributed by atoms with Crippen LogP contribution in [-0.2, 0) is 4.74 Å². The first-order chi connectivity index (χ1) is 7.87. The van der Waals surface area contributed by atoms with Crippen molar-refractivity contribution in [2.24, 2.45) is 0 Å². The molecule has 4 nitrogen and oxygen atoms in total. The number of hydrogen-bond donors (Lipinski definition) is 2. The second kappa shape index (κ2) is 5.69. The molecule has 17 heavy (non-hydrogen) atoms. The second-order valence-corrected chi connectivity index (χ2v) is 5.34. The van der Waals surface area contributed by atoms with E-state index in [4.69, 9.17) is 10.5 Å². The zero-order valence-electron chi connectivity index (χ0n) is 10.8. The largest absolute Gasteiger partial charge is 0.397 e. The maximum absolute atomic E-state index is 5.77. The fraction of sp³-hybridized carbons (Fsp3) is 0.583. The van der Waals surface area contributed by atoms with Gasteiger partial charge in [0.05, 0.1) is 22.0 Å². The minimum atomic E-state index is -0.217. The maximum Gasteiger partial charge on any atom is 0.140 e. The monoisotopic (exact) mass is 301 g/mol. The van der Waals surface area contributed by atoms with E-state index in [-0.39, 0.29) is 5.60 Å². The number of rotatable bonds is 5. The SMILES string of the molecule is CCOC(C)(C)CNc1ncc(N)c(C)c1Br. The first-order valence-electron chi connectivity index (χ1n) is 5.66. The van der Waals surface area contributed by atoms with Gasteiger partial charge in [0.15, 0.2) is 0 Å². The molecule has 0 saturated carbocycles. The number of nitrogens with two attached hydrogens (primary N) is 1. The van der Waals surface area contributed by atoms with Crippen molar-refractivity contribution in [3.8, 4) is 0 Å². The van der Waals surface area contributed by atoms with Crippen LogP contribution in [-0.4, -0.2) is 23.7 Å². The molecule has 1 aromatic heterocycles. The highest BCUT2D eigenvalue weighted by molar-refractivity contribution is 9.10. The quantitative estimate of drug-likeness (QED) is 0.878. The summed E-state index contributed by atoms with van der Waals surface area (Å²) in [6, 6.07) is 0. The molecule has 0 aliphatic carbocycles. The highest BCUT2D eigenvalue weighted by Crippen LogP contribution is 2.28. The third-order valence-electron chi connectivity index (χ3n) is 2.52. The van der Waals surface area contributed by atoms with Crippen molar-refractivity contribution >= 4 is 27.4 Å². The van der Waals surface area contributed by atoms with Crippen LogP contribution in [0.25, 0.3) is 0 Å². The van der Waals surface area contributed by atoms with E-state index in [1.807, 2.05) is 27.7 Å². The Balaban J connectivity index is 2.73. The van der Waals surface area contributed by atoms with Gasteiger partial charge in [0, 0.05) is 13.2 Å². The minimum absolute atomic E-state index is 0.217. The molecule has 0 aromatic carbocycles. The number of nitrogens with zero attached hydrogens (tertiary/aromatic N) is 1. The van der Waals surface area contributed by atoms with Gasteiger partial charge in [0.1, 0.15) is 5.82 Å². The van der Waals surface area contributed by atoms with Crippen LogP contribution in [0.4, 0.5) is 11.5 Å². The second-order valence-electron chi connectivity index (χ2n) is 4.55. The highest BCUT2D eigenvalue weighted by Gasteiger charge is 2.18. The van der Waals surface area contributed by atoms with Gasteiger partial charge in [-0.1, -0.05) is 0 Å². The normalized spacial score (nSPS) is 11.6. The van der Waals surface area contributed by atoms with E-state index in [1.54, 1.807) is 6.20 Å². The molecule has 5 heteroatoms. The number of hydrogen-bond acceptors (Lipinski definition) is 4. The summed E-state index contributed by atoms with van der Waals surface area (Å²) in [5, 5.41) is 3.27. The number of anilines is 2. The average molecular weight is 302 g/mol. The van der Waals surface area contributed by atoms with Crippen molar-refractivity contribution in [3.05, 3.63) is 16.2 Å². The van der Waals surface area contributed by atoms with Gasteiger partial charge in [-0.2, -0.15) is 0 Å². The van der Waals surface area contributed by atoms with Crippen LogP contribution in [0.1, 0.15) is 26.3 Å². The van der Waals surface area contributed by atoms with Crippen molar-refractivity contribution in [1.29, 1.82) is 0 Å². The molecule has 0 saturated heterocycles. The van der Waals surface area contributed by atoms with Gasteiger partial charge < -0.3 is 15.8 Å². The number of pyridine rings is 1. The molecule has 0 fully saturated rings. The zero-order valence-corrected chi connectivity index (χ0v) is 12.4. The Labute approximate surface area is 111 Å². The van der Waals surface area contributed by atoms with E-state index in [1.165, 1.54) is 0 Å². The smallest absolute Gasteiger partial charge is 0.140 e. The van der Waals surface area contributed by atoms with Gasteiger partial charge in [-0.25, -0.2) is 4.98 Å². The summed E-state index contributed by atoms with van der Waals surface area (Å²) < 4.78 is 6.52. The summed E-state index contributed by atoms with van der Waals surface area (Å²) in [6.07, 6.45) is 1.66. The van der Waals surface area contributed by atoms with Crippen molar-refractivity contribution in [1.82, 2.24) is 4.98 Å². The Kier molecular flexibility index (Phi) is 4.77. The van der Waals surface area contributed by atoms with E-state index >= 15 is 0 Å². The van der Waals surface area contributed by atoms with Crippen LogP contribution >= 0.6 is 15.9 Å². The average Bonchev–Trinajstić information content (AvgIpc) is 2.25. The molecule has 0 atom stereocenters. The summed E-state index contributed by atoms with van der Waals surface area (Å²) in [6.45, 7) is 9.42. The van der Waals surface area contributed by atoms with E-state index in [2.05, 4.69) is 26.2 Å². The summed E-state index contributed by atoms with van der Waals surface area (Å²) in [5.41, 5.74) is 7.24. The molecule has 1 heterocycles. The molecular formula is C12H20BrN3O. The summed E-state index contributed by atoms with van der Waals surface area (Å²) in [5.74, 6) is 0.796. The highest BCUT2D eigenvalue weighted by atomic mass is 79.9. The van der Waals surface area contributed by atoms with Crippen LogP contribution in [0.3, 0.4) is 0 Å². The Morgan fingerprint density at radius 2 is 2.18 bits per heavy atom. The molecule has 0 bridgehead atoms. The molecule has 3 N–H and O–H groups in total. The first kappa shape index (κ1) is 14.3. The van der Waals surface area contributed by atoms with Crippen LogP contribution in [0.2, 0.25) is 0 Å². The van der Waals surface area contributed by atoms with Gasteiger partial charge in [-0.05, 0) is 49.2 Å². The molecule has 0 amide bonds. The van der Waals surface area contributed by atoms with Crippen LogP contribution in [0, 0.1) is 6.92 Å². The lowest BCUT2D eigenvalue weighted by atomic mass is 10.1. The van der Waals surface area contributed by atoms with Gasteiger partial charge in [-0.15, -0.1) is 0 Å². The van der Waals surface area contributed by atoms with Gasteiger partial charge in [-0.3, -0.25) is 0 Å². The molecule has 0 radical (unpaired) electrons. The first-order valence-corrected chi connectivity index (χ1v) is 6.45. The van der Waals surface area contributed by atoms with E-state index in [0.29, 0.717) is 18.8 Å². The molecule has 0 aliphatic heterocycles. The Morgan fingerprint density at radius 3 is 2.76 bits per heavy atom. The Bertz CT molecular complexity index is 394. The van der Waals surface area contributed by atoms with E-state index in [9.17, 15) is 0 Å². The van der Waals surface area contributed by atoms with Crippen LogP contribution in [0.5, 0.6) is 0 Å². The predicted molar refractivity (Wildman–Crippen MR) is 75.3 cm³/mol. The van der Waals surface area contributed by atoms with Crippen molar-refractivity contribution in [3.63, 3.8) is 0 Å². The van der Waals surface area contributed by atoms with Crippen molar-refractivity contribution in [2.45, 2.75) is 33.3 Å². The van der Waals surface area contributed by atoms with Crippen molar-refractivity contribution in [2.75, 3.05) is 24.2 Å². The fourth-order valence-corrected chi connectivity index (χ4v) is 1.92. The number of halogens is 1. The lowest BCUT2D eigenvalue weighted by molar-refractivity contribution is 0.000633. The molecule has 0 spiro atoms. The van der Waals surface area contributed by atoms with E-state index in [0.717, 1.165) is 15.9 Å². The number of nitrogens with one attached hydrogen (secondary N) is 1. The minimum Gasteiger partial charge on any atom is -0.397 e. The third kappa shape index (κ3) is 3.85. The standard InChI is InChI=1S/C12H20BrN3O/c1-5-17-12(3,4)7-16-11-10(13)8(2)9(14)6-15-11/h6H,5,7,14H2,1-4H3,(H,15,16). The molecule has 1 rings (SSSR count). The Hall–Kier alpha value is -0.810. The predicted octanol–water partition coefficient (Wildman–Crippen LogP) is 2.96. The molecule has 1 aromatic rings. The van der Waals surface area contributed by atoms with Crippen molar-refractivity contribution < 1.29 is 4.74 Å². The number of ether oxygens (including phenoxy) is 1. The molecule has 0 aliphatic rings. The van der Waals surface area contributed by atoms with Crippen LogP contribution in [0.15, 0.2) is 10.7 Å². The topological polar surface area (TPSA) is 60.2 Å². The van der Waals surface area contributed by atoms with Gasteiger partial charge >= 0.3 is 0 Å². The summed E-state index contributed by atoms with van der Waals surface area (Å²) >= 11 is 3.49. The summed E-state index contributed by atoms with van der Waals surface area (Å²) in [7, 11) is 0. The zero-order chi connectivity index (χ0) is 13.1. The molecule has 96 valence electrons. The lowest BCUT2D eigenvalue weighted by Gasteiger charge is -2.25. The fourth-order valence-electron chi connectivity index (χ4n) is 1.45.